The lowest BCUT2D eigenvalue weighted by molar-refractivity contribution is 0.504. The number of hydrogen-bond donors (Lipinski definition) is 2. The molecule has 0 fully saturated rings. The van der Waals surface area contributed by atoms with Gasteiger partial charge in [-0.3, -0.25) is 5.41 Å². The van der Waals surface area contributed by atoms with Crippen molar-refractivity contribution in [2.24, 2.45) is 11.7 Å². The van der Waals surface area contributed by atoms with Crippen LogP contribution >= 0.6 is 0 Å². The fourth-order valence-electron chi connectivity index (χ4n) is 2.09. The van der Waals surface area contributed by atoms with Crippen LogP contribution in [0, 0.1) is 11.3 Å². The van der Waals surface area contributed by atoms with E-state index in [0.29, 0.717) is 12.0 Å². The van der Waals surface area contributed by atoms with Crippen molar-refractivity contribution in [2.75, 3.05) is 11.9 Å². The van der Waals surface area contributed by atoms with Crippen LogP contribution in [-0.2, 0) is 0 Å². The number of nitrogens with two attached hydrogens (primary N) is 1. The molecule has 0 bridgehead atoms. The Morgan fingerprint density at radius 1 is 1.29 bits per heavy atom. The normalized spacial score (nSPS) is 12.5. The standard InChI is InChI=1S/C14H23N3/c1-10(2)9-11(3)17(4)13-8-6-5-7-12(13)14(15)16/h5-8,10-11H,9H2,1-4H3,(H3,15,16). The molecule has 3 heteroatoms. The molecule has 0 spiro atoms. The van der Waals surface area contributed by atoms with Gasteiger partial charge in [-0.25, -0.2) is 0 Å². The van der Waals surface area contributed by atoms with E-state index in [9.17, 15) is 0 Å². The molecule has 0 saturated heterocycles. The van der Waals surface area contributed by atoms with Crippen LogP contribution in [0.4, 0.5) is 5.69 Å². The van der Waals surface area contributed by atoms with Crippen molar-refractivity contribution in [3.8, 4) is 0 Å². The van der Waals surface area contributed by atoms with Crippen LogP contribution in [-0.4, -0.2) is 18.9 Å². The van der Waals surface area contributed by atoms with Gasteiger partial charge in [0.25, 0.3) is 0 Å². The van der Waals surface area contributed by atoms with Crippen LogP contribution in [0.25, 0.3) is 0 Å². The summed E-state index contributed by atoms with van der Waals surface area (Å²) in [5.74, 6) is 0.793. The van der Waals surface area contributed by atoms with Gasteiger partial charge in [0.2, 0.25) is 0 Å². The fraction of sp³-hybridized carbons (Fsp3) is 0.500. The van der Waals surface area contributed by atoms with Crippen LogP contribution in [0.2, 0.25) is 0 Å². The van der Waals surface area contributed by atoms with E-state index in [-0.39, 0.29) is 5.84 Å². The molecular weight excluding hydrogens is 210 g/mol. The minimum absolute atomic E-state index is 0.129. The molecule has 3 nitrogen and oxygen atoms in total. The monoisotopic (exact) mass is 233 g/mol. The molecule has 0 aromatic heterocycles. The van der Waals surface area contributed by atoms with Gasteiger partial charge in [0.15, 0.2) is 0 Å². The highest BCUT2D eigenvalue weighted by Gasteiger charge is 2.15. The predicted octanol–water partition coefficient (Wildman–Crippen LogP) is 2.84. The molecule has 0 amide bonds. The van der Waals surface area contributed by atoms with Gasteiger partial charge in [0.1, 0.15) is 5.84 Å². The summed E-state index contributed by atoms with van der Waals surface area (Å²) >= 11 is 0. The largest absolute Gasteiger partial charge is 0.384 e. The van der Waals surface area contributed by atoms with Crippen molar-refractivity contribution < 1.29 is 0 Å². The number of para-hydroxylation sites is 1. The zero-order chi connectivity index (χ0) is 13.0. The van der Waals surface area contributed by atoms with Gasteiger partial charge >= 0.3 is 0 Å². The zero-order valence-corrected chi connectivity index (χ0v) is 11.2. The summed E-state index contributed by atoms with van der Waals surface area (Å²) in [6.07, 6.45) is 1.13. The van der Waals surface area contributed by atoms with E-state index < -0.39 is 0 Å². The second-order valence-electron chi connectivity index (χ2n) is 5.02. The van der Waals surface area contributed by atoms with Crippen molar-refractivity contribution in [3.05, 3.63) is 29.8 Å². The molecule has 94 valence electrons. The average molecular weight is 233 g/mol. The number of nitrogens with zero attached hydrogens (tertiary/aromatic N) is 1. The van der Waals surface area contributed by atoms with Crippen molar-refractivity contribution in [1.29, 1.82) is 5.41 Å². The quantitative estimate of drug-likeness (QED) is 0.607. The summed E-state index contributed by atoms with van der Waals surface area (Å²) in [5.41, 5.74) is 7.46. The Kier molecular flexibility index (Phi) is 4.55. The molecule has 1 unspecified atom stereocenters. The molecule has 0 aliphatic carbocycles. The molecule has 0 aliphatic heterocycles. The van der Waals surface area contributed by atoms with Crippen LogP contribution < -0.4 is 10.6 Å². The minimum Gasteiger partial charge on any atom is -0.384 e. The van der Waals surface area contributed by atoms with Gasteiger partial charge in [-0.1, -0.05) is 26.0 Å². The second-order valence-corrected chi connectivity index (χ2v) is 5.02. The molecule has 0 heterocycles. The third-order valence-corrected chi connectivity index (χ3v) is 3.05. The molecule has 1 atom stereocenters. The fourth-order valence-corrected chi connectivity index (χ4v) is 2.09. The van der Waals surface area contributed by atoms with Crippen molar-refractivity contribution >= 4 is 11.5 Å². The lowest BCUT2D eigenvalue weighted by Gasteiger charge is -2.30. The third-order valence-electron chi connectivity index (χ3n) is 3.05. The van der Waals surface area contributed by atoms with E-state index in [2.05, 4.69) is 32.7 Å². The predicted molar refractivity (Wildman–Crippen MR) is 74.8 cm³/mol. The van der Waals surface area contributed by atoms with Crippen LogP contribution in [0.15, 0.2) is 24.3 Å². The van der Waals surface area contributed by atoms with Crippen molar-refractivity contribution in [1.82, 2.24) is 0 Å². The first-order valence-electron chi connectivity index (χ1n) is 6.09. The summed E-state index contributed by atoms with van der Waals surface area (Å²) in [5, 5.41) is 7.60. The highest BCUT2D eigenvalue weighted by molar-refractivity contribution is 6.00. The Bertz CT molecular complexity index is 385. The lowest BCUT2D eigenvalue weighted by atomic mass is 10.0. The highest BCUT2D eigenvalue weighted by Crippen LogP contribution is 2.22. The molecule has 0 aliphatic rings. The van der Waals surface area contributed by atoms with E-state index in [1.54, 1.807) is 0 Å². The summed E-state index contributed by atoms with van der Waals surface area (Å²) in [6.45, 7) is 6.65. The minimum atomic E-state index is 0.129. The van der Waals surface area contributed by atoms with Crippen LogP contribution in [0.3, 0.4) is 0 Å². The molecule has 3 N–H and O–H groups in total. The Balaban J connectivity index is 2.95. The number of anilines is 1. The highest BCUT2D eigenvalue weighted by atomic mass is 15.1. The molecule has 1 aromatic carbocycles. The summed E-state index contributed by atoms with van der Waals surface area (Å²) in [4.78, 5) is 2.21. The van der Waals surface area contributed by atoms with Crippen molar-refractivity contribution in [3.63, 3.8) is 0 Å². The van der Waals surface area contributed by atoms with Gasteiger partial charge in [0.05, 0.1) is 0 Å². The number of benzene rings is 1. The maximum Gasteiger partial charge on any atom is 0.124 e. The Labute approximate surface area is 104 Å². The number of nitrogens with one attached hydrogen (secondary N) is 1. The number of rotatable bonds is 5. The van der Waals surface area contributed by atoms with Crippen LogP contribution in [0.5, 0.6) is 0 Å². The first-order valence-corrected chi connectivity index (χ1v) is 6.09. The molecule has 1 aromatic rings. The molecule has 0 radical (unpaired) electrons. The second kappa shape index (κ2) is 5.71. The maximum atomic E-state index is 7.60. The smallest absolute Gasteiger partial charge is 0.124 e. The van der Waals surface area contributed by atoms with Gasteiger partial charge in [-0.2, -0.15) is 0 Å². The zero-order valence-electron chi connectivity index (χ0n) is 11.2. The lowest BCUT2D eigenvalue weighted by Crippen LogP contribution is -2.32. The molecular formula is C14H23N3. The Morgan fingerprint density at radius 3 is 2.41 bits per heavy atom. The number of nitrogen functional groups attached to an aromatic ring is 1. The van der Waals surface area contributed by atoms with E-state index >= 15 is 0 Å². The Morgan fingerprint density at radius 2 is 1.88 bits per heavy atom. The summed E-state index contributed by atoms with van der Waals surface area (Å²) in [7, 11) is 2.06. The first kappa shape index (κ1) is 13.6. The van der Waals surface area contributed by atoms with Gasteiger partial charge in [-0.15, -0.1) is 0 Å². The molecule has 17 heavy (non-hydrogen) atoms. The van der Waals surface area contributed by atoms with Crippen LogP contribution in [0.1, 0.15) is 32.8 Å². The Hall–Kier alpha value is -1.51. The maximum absolute atomic E-state index is 7.60. The number of hydrogen-bond acceptors (Lipinski definition) is 2. The van der Waals surface area contributed by atoms with Gasteiger partial charge in [-0.05, 0) is 31.4 Å². The topological polar surface area (TPSA) is 53.1 Å². The van der Waals surface area contributed by atoms with Gasteiger partial charge < -0.3 is 10.6 Å². The molecule has 1 rings (SSSR count). The first-order chi connectivity index (χ1) is 7.93. The van der Waals surface area contributed by atoms with Crippen molar-refractivity contribution in [2.45, 2.75) is 33.2 Å². The SMILES string of the molecule is CC(C)CC(C)N(C)c1ccccc1C(=N)N. The average Bonchev–Trinajstić information content (AvgIpc) is 2.27. The molecule has 0 saturated carbocycles. The van der Waals surface area contributed by atoms with Gasteiger partial charge in [0, 0.05) is 24.3 Å². The number of amidine groups is 1. The third kappa shape index (κ3) is 3.48. The summed E-state index contributed by atoms with van der Waals surface area (Å²) < 4.78 is 0. The van der Waals surface area contributed by atoms with E-state index in [4.69, 9.17) is 11.1 Å². The van der Waals surface area contributed by atoms with E-state index in [1.807, 2.05) is 24.3 Å². The van der Waals surface area contributed by atoms with E-state index in [0.717, 1.165) is 17.7 Å². The summed E-state index contributed by atoms with van der Waals surface area (Å²) in [6, 6.07) is 8.27. The van der Waals surface area contributed by atoms with E-state index in [1.165, 1.54) is 0 Å².